The van der Waals surface area contributed by atoms with E-state index in [2.05, 4.69) is 25.7 Å². The van der Waals surface area contributed by atoms with Crippen LogP contribution in [0, 0.1) is 0 Å². The third kappa shape index (κ3) is 33.6. The van der Waals surface area contributed by atoms with Crippen molar-refractivity contribution in [1.29, 1.82) is 0 Å². The molecule has 0 aliphatic carbocycles. The monoisotopic (exact) mass is 590 g/mol. The first-order valence-corrected chi connectivity index (χ1v) is 18.1. The topological polar surface area (TPSA) is 43.4 Å². The fraction of sp³-hybridized carbons (Fsp3) is 0.972. The van der Waals surface area contributed by atoms with Crippen molar-refractivity contribution in [1.82, 2.24) is 4.90 Å². The third-order valence-electron chi connectivity index (χ3n) is 8.72. The molecule has 0 heterocycles. The smallest absolute Gasteiger partial charge is 0.550 e. The summed E-state index contributed by atoms with van der Waals surface area (Å²) >= 11 is 0. The molecule has 0 spiro atoms. The third-order valence-corrected chi connectivity index (χ3v) is 8.72. The van der Waals surface area contributed by atoms with Crippen LogP contribution >= 0.6 is 0 Å². The van der Waals surface area contributed by atoms with E-state index in [1.807, 2.05) is 0 Å². The second-order valence-corrected chi connectivity index (χ2v) is 12.6. The van der Waals surface area contributed by atoms with Crippen molar-refractivity contribution in [2.45, 2.75) is 213 Å². The van der Waals surface area contributed by atoms with Gasteiger partial charge in [0.15, 0.2) is 0 Å². The summed E-state index contributed by atoms with van der Waals surface area (Å²) in [4.78, 5) is 13.5. The van der Waals surface area contributed by atoms with Crippen LogP contribution < -0.4 is 56.5 Å². The summed E-state index contributed by atoms with van der Waals surface area (Å²) in [5, 5.41) is 10.8. The number of nitrogens with zero attached hydrogens (tertiary/aromatic N) is 1. The van der Waals surface area contributed by atoms with Gasteiger partial charge in [0.25, 0.3) is 0 Å². The van der Waals surface area contributed by atoms with E-state index in [1.54, 1.807) is 0 Å². The first kappa shape index (κ1) is 43.2. The average Bonchev–Trinajstić information content (AvgIpc) is 2.92. The van der Waals surface area contributed by atoms with E-state index in [9.17, 15) is 9.90 Å². The summed E-state index contributed by atoms with van der Waals surface area (Å²) in [6.45, 7) is 9.25. The Hall–Kier alpha value is 1.07. The number of carbonyl (C=O) groups excluding carboxylic acids is 1. The molecule has 1 atom stereocenters. The number of hydrogen-bond acceptors (Lipinski definition) is 3. The Morgan fingerprint density at radius 2 is 0.775 bits per heavy atom. The van der Waals surface area contributed by atoms with E-state index in [4.69, 9.17) is 0 Å². The summed E-state index contributed by atoms with van der Waals surface area (Å²) in [6.07, 6.45) is 38.3. The molecule has 0 fully saturated rings. The normalized spacial score (nSPS) is 12.1. The van der Waals surface area contributed by atoms with Crippen LogP contribution in [-0.4, -0.2) is 30.0 Å². The molecule has 0 aliphatic heterocycles. The van der Waals surface area contributed by atoms with Crippen LogP contribution in [0.1, 0.15) is 207 Å². The molecule has 0 aromatic carbocycles. The van der Waals surface area contributed by atoms with Gasteiger partial charge in [-0.15, -0.1) is 0 Å². The molecule has 40 heavy (non-hydrogen) atoms. The van der Waals surface area contributed by atoms with E-state index < -0.39 is 5.97 Å². The molecule has 0 aromatic heterocycles. The second-order valence-electron chi connectivity index (χ2n) is 12.6. The van der Waals surface area contributed by atoms with Gasteiger partial charge in [0.2, 0.25) is 0 Å². The quantitative estimate of drug-likeness (QED) is 0.0580. The van der Waals surface area contributed by atoms with Crippen molar-refractivity contribution in [3.63, 3.8) is 0 Å². The Morgan fingerprint density at radius 3 is 1.05 bits per heavy atom. The molecule has 0 N–H and O–H groups in total. The van der Waals surface area contributed by atoms with E-state index in [-0.39, 0.29) is 57.8 Å². The van der Waals surface area contributed by atoms with Gasteiger partial charge in [-0.25, -0.2) is 0 Å². The van der Waals surface area contributed by atoms with Crippen molar-refractivity contribution in [2.75, 3.05) is 13.1 Å². The van der Waals surface area contributed by atoms with Crippen LogP contribution in [0.15, 0.2) is 0 Å². The average molecular weight is 590 g/mol. The summed E-state index contributed by atoms with van der Waals surface area (Å²) in [7, 11) is 0. The number of aliphatic carboxylic acids is 1. The predicted molar refractivity (Wildman–Crippen MR) is 171 cm³/mol. The maximum absolute atomic E-state index is 10.8. The van der Waals surface area contributed by atoms with Gasteiger partial charge in [-0.2, -0.15) is 0 Å². The maximum atomic E-state index is 10.8. The number of unbranched alkanes of at least 4 members (excludes halogenated alkanes) is 24. The number of hydrogen-bond donors (Lipinski definition) is 0. The van der Waals surface area contributed by atoms with E-state index in [1.165, 1.54) is 180 Å². The predicted octanol–water partition coefficient (Wildman–Crippen LogP) is 7.78. The SMILES string of the molecule is CCCCCCCCCCCCCCCN(CCCCCCCCCCCCCCC)C(C)CCCC(=O)[O-].[K+]. The van der Waals surface area contributed by atoms with Gasteiger partial charge in [0, 0.05) is 12.0 Å². The van der Waals surface area contributed by atoms with Crippen molar-refractivity contribution < 1.29 is 61.3 Å². The first-order valence-electron chi connectivity index (χ1n) is 18.1. The molecular formula is C36H72KNO2. The minimum absolute atomic E-state index is 0. The van der Waals surface area contributed by atoms with Crippen molar-refractivity contribution >= 4 is 5.97 Å². The number of rotatable bonds is 33. The van der Waals surface area contributed by atoms with E-state index >= 15 is 0 Å². The summed E-state index contributed by atoms with van der Waals surface area (Å²) in [6, 6.07) is 0.485. The minimum atomic E-state index is -0.901. The largest absolute Gasteiger partial charge is 1.00 e. The van der Waals surface area contributed by atoms with Crippen LogP contribution in [0.3, 0.4) is 0 Å². The van der Waals surface area contributed by atoms with Gasteiger partial charge >= 0.3 is 51.4 Å². The molecule has 0 amide bonds. The fourth-order valence-corrected chi connectivity index (χ4v) is 5.94. The van der Waals surface area contributed by atoms with Crippen LogP contribution in [0.5, 0.6) is 0 Å². The zero-order valence-electron chi connectivity index (χ0n) is 28.3. The number of carbonyl (C=O) groups is 1. The van der Waals surface area contributed by atoms with E-state index in [0.717, 1.165) is 12.8 Å². The van der Waals surface area contributed by atoms with Gasteiger partial charge in [0.05, 0.1) is 0 Å². The second kappa shape index (κ2) is 36.3. The van der Waals surface area contributed by atoms with Crippen molar-refractivity contribution in [3.05, 3.63) is 0 Å². The van der Waals surface area contributed by atoms with Crippen molar-refractivity contribution in [2.24, 2.45) is 0 Å². The Morgan fingerprint density at radius 1 is 0.500 bits per heavy atom. The number of carboxylic acids is 1. The summed E-state index contributed by atoms with van der Waals surface area (Å²) in [5.41, 5.74) is 0. The molecule has 4 heteroatoms. The molecule has 0 rings (SSSR count). The zero-order chi connectivity index (χ0) is 28.7. The molecule has 0 aromatic rings. The van der Waals surface area contributed by atoms with Gasteiger partial charge in [-0.05, 0) is 52.1 Å². The zero-order valence-corrected chi connectivity index (χ0v) is 31.4. The van der Waals surface area contributed by atoms with Crippen LogP contribution in [0.25, 0.3) is 0 Å². The Balaban J connectivity index is 0. The van der Waals surface area contributed by atoms with Gasteiger partial charge < -0.3 is 14.8 Å². The standard InChI is InChI=1S/C36H73NO2.K/c1-4-6-8-10-12-14-16-18-20-22-24-26-28-33-37(35(3)31-30-32-36(38)39)34-29-27-25-23-21-19-17-15-13-11-9-7-5-2;/h35H,4-34H2,1-3H3,(H,38,39);/q;+1/p-1. The molecule has 1 unspecified atom stereocenters. The molecule has 0 aliphatic rings. The van der Waals surface area contributed by atoms with Gasteiger partial charge in [-0.3, -0.25) is 0 Å². The maximum Gasteiger partial charge on any atom is 1.00 e. The molecule has 0 bridgehead atoms. The first-order chi connectivity index (χ1) is 19.1. The van der Waals surface area contributed by atoms with Crippen molar-refractivity contribution in [3.8, 4) is 0 Å². The van der Waals surface area contributed by atoms with Crippen LogP contribution in [0.4, 0.5) is 0 Å². The van der Waals surface area contributed by atoms with Gasteiger partial charge in [0.1, 0.15) is 0 Å². The van der Waals surface area contributed by atoms with Crippen LogP contribution in [-0.2, 0) is 4.79 Å². The Kier molecular flexibility index (Phi) is 39.2. The summed E-state index contributed by atoms with van der Waals surface area (Å²) in [5.74, 6) is -0.901. The Bertz CT molecular complexity index is 457. The van der Waals surface area contributed by atoms with E-state index in [0.29, 0.717) is 6.04 Å². The Labute approximate surface area is 295 Å². The molecule has 0 saturated heterocycles. The molecular weight excluding hydrogens is 517 g/mol. The molecule has 0 saturated carbocycles. The molecule has 3 nitrogen and oxygen atoms in total. The van der Waals surface area contributed by atoms with Crippen LogP contribution in [0.2, 0.25) is 0 Å². The molecule has 0 radical (unpaired) electrons. The summed E-state index contributed by atoms with van der Waals surface area (Å²) < 4.78 is 0. The number of carboxylic acid groups (broad SMARTS) is 1. The fourth-order valence-electron chi connectivity index (χ4n) is 5.94. The minimum Gasteiger partial charge on any atom is -0.550 e. The van der Waals surface area contributed by atoms with Gasteiger partial charge in [-0.1, -0.05) is 168 Å². The molecule has 234 valence electrons.